The number of hydrogen-bond donors (Lipinski definition) is 0. The van der Waals surface area contributed by atoms with Crippen molar-refractivity contribution in [3.63, 3.8) is 0 Å². The third kappa shape index (κ3) is 1.88. The SMILES string of the molecule is C[C@]12CCC(=O)CC1=CCC1C2=CC[C@@]2(C)C1CC[C@@]21CC(F)C(=O)O1. The molecular weight excluding hydrogens is 331 g/mol. The maximum atomic E-state index is 14.1. The number of carbonyl (C=O) groups is 2. The molecule has 1 spiro atoms. The Morgan fingerprint density at radius 1 is 1.19 bits per heavy atom. The second kappa shape index (κ2) is 5.08. The second-order valence-corrected chi connectivity index (χ2v) is 9.63. The summed E-state index contributed by atoms with van der Waals surface area (Å²) in [5, 5.41) is 0. The van der Waals surface area contributed by atoms with E-state index in [0.717, 1.165) is 32.1 Å². The van der Waals surface area contributed by atoms with Crippen molar-refractivity contribution in [3.05, 3.63) is 23.3 Å². The van der Waals surface area contributed by atoms with E-state index in [1.807, 2.05) is 0 Å². The molecule has 140 valence electrons. The zero-order chi connectivity index (χ0) is 18.3. The Morgan fingerprint density at radius 3 is 2.73 bits per heavy atom. The molecule has 5 rings (SSSR count). The van der Waals surface area contributed by atoms with Gasteiger partial charge in [0.25, 0.3) is 0 Å². The monoisotopic (exact) mass is 358 g/mol. The minimum atomic E-state index is -1.46. The first-order chi connectivity index (χ1) is 12.3. The second-order valence-electron chi connectivity index (χ2n) is 9.63. The largest absolute Gasteiger partial charge is 0.456 e. The Balaban J connectivity index is 1.53. The summed E-state index contributed by atoms with van der Waals surface area (Å²) < 4.78 is 19.8. The number of Topliss-reactive ketones (excluding diaryl/α,β-unsaturated/α-hetero) is 1. The van der Waals surface area contributed by atoms with Gasteiger partial charge in [0.05, 0.1) is 0 Å². The van der Waals surface area contributed by atoms with Crippen LogP contribution in [-0.4, -0.2) is 23.5 Å². The fraction of sp³-hybridized carbons (Fsp3) is 0.727. The number of hydrogen-bond acceptors (Lipinski definition) is 3. The molecule has 0 amide bonds. The smallest absolute Gasteiger partial charge is 0.341 e. The van der Waals surface area contributed by atoms with E-state index >= 15 is 0 Å². The van der Waals surface area contributed by atoms with Crippen LogP contribution in [0.3, 0.4) is 0 Å². The molecule has 4 heteroatoms. The highest BCUT2D eigenvalue weighted by Crippen LogP contribution is 2.67. The fourth-order valence-corrected chi connectivity index (χ4v) is 7.05. The maximum Gasteiger partial charge on any atom is 0.341 e. The number of halogens is 1. The molecule has 3 nitrogen and oxygen atoms in total. The van der Waals surface area contributed by atoms with E-state index in [0.29, 0.717) is 30.5 Å². The number of ether oxygens (including phenoxy) is 1. The number of ketones is 1. The van der Waals surface area contributed by atoms with Crippen molar-refractivity contribution in [2.75, 3.05) is 0 Å². The molecule has 1 saturated heterocycles. The Kier molecular flexibility index (Phi) is 3.26. The van der Waals surface area contributed by atoms with Crippen molar-refractivity contribution in [3.8, 4) is 0 Å². The zero-order valence-corrected chi connectivity index (χ0v) is 15.6. The molecule has 0 aromatic carbocycles. The highest BCUT2D eigenvalue weighted by atomic mass is 19.1. The van der Waals surface area contributed by atoms with Crippen LogP contribution in [0.15, 0.2) is 23.3 Å². The van der Waals surface area contributed by atoms with Crippen LogP contribution in [0.4, 0.5) is 4.39 Å². The summed E-state index contributed by atoms with van der Waals surface area (Å²) >= 11 is 0. The summed E-state index contributed by atoms with van der Waals surface area (Å²) in [6, 6.07) is 0. The van der Waals surface area contributed by atoms with Crippen molar-refractivity contribution in [2.45, 2.75) is 77.0 Å². The van der Waals surface area contributed by atoms with Gasteiger partial charge in [0.15, 0.2) is 0 Å². The average Bonchev–Trinajstić information content (AvgIpc) is 3.05. The van der Waals surface area contributed by atoms with E-state index in [1.54, 1.807) is 0 Å². The van der Waals surface area contributed by atoms with Gasteiger partial charge >= 0.3 is 5.97 Å². The minimum absolute atomic E-state index is 0.0168. The van der Waals surface area contributed by atoms with Gasteiger partial charge in [-0.05, 0) is 43.9 Å². The van der Waals surface area contributed by atoms with E-state index in [4.69, 9.17) is 4.74 Å². The molecular formula is C22H27FO3. The molecule has 6 atom stereocenters. The van der Waals surface area contributed by atoms with Gasteiger partial charge in [-0.2, -0.15) is 0 Å². The third-order valence-electron chi connectivity index (χ3n) is 8.67. The van der Waals surface area contributed by atoms with E-state index in [9.17, 15) is 14.0 Å². The summed E-state index contributed by atoms with van der Waals surface area (Å²) in [5.41, 5.74) is 2.03. The average molecular weight is 358 g/mol. The molecule has 26 heavy (non-hydrogen) atoms. The molecule has 3 fully saturated rings. The molecule has 0 aromatic rings. The van der Waals surface area contributed by atoms with Crippen molar-refractivity contribution in [1.82, 2.24) is 0 Å². The van der Waals surface area contributed by atoms with Crippen LogP contribution < -0.4 is 0 Å². The van der Waals surface area contributed by atoms with Crippen molar-refractivity contribution < 1.29 is 18.7 Å². The highest BCUT2D eigenvalue weighted by molar-refractivity contribution is 5.83. The molecule has 0 radical (unpaired) electrons. The predicted octanol–water partition coefficient (Wildman–Crippen LogP) is 4.46. The molecule has 0 bridgehead atoms. The van der Waals surface area contributed by atoms with Gasteiger partial charge in [-0.1, -0.05) is 37.1 Å². The fourth-order valence-electron chi connectivity index (χ4n) is 7.05. The normalized spacial score (nSPS) is 49.9. The van der Waals surface area contributed by atoms with Gasteiger partial charge in [0.2, 0.25) is 6.17 Å². The molecule has 2 saturated carbocycles. The molecule has 0 N–H and O–H groups in total. The van der Waals surface area contributed by atoms with Crippen LogP contribution in [0.25, 0.3) is 0 Å². The molecule has 1 aliphatic heterocycles. The number of allylic oxidation sites excluding steroid dienone is 4. The topological polar surface area (TPSA) is 43.4 Å². The van der Waals surface area contributed by atoms with Crippen LogP contribution in [0.1, 0.15) is 65.2 Å². The number of fused-ring (bicyclic) bond motifs is 6. The first-order valence-corrected chi connectivity index (χ1v) is 10.1. The van der Waals surface area contributed by atoms with Crippen molar-refractivity contribution in [2.24, 2.45) is 22.7 Å². The molecule has 5 aliphatic rings. The Morgan fingerprint density at radius 2 is 2.00 bits per heavy atom. The minimum Gasteiger partial charge on any atom is -0.456 e. The quantitative estimate of drug-likeness (QED) is 0.474. The van der Waals surface area contributed by atoms with Crippen LogP contribution in [-0.2, 0) is 14.3 Å². The van der Waals surface area contributed by atoms with Gasteiger partial charge in [0, 0.05) is 30.1 Å². The Labute approximate surface area is 154 Å². The highest BCUT2D eigenvalue weighted by Gasteiger charge is 2.67. The van der Waals surface area contributed by atoms with Crippen LogP contribution in [0.5, 0.6) is 0 Å². The van der Waals surface area contributed by atoms with Gasteiger partial charge in [0.1, 0.15) is 11.4 Å². The Hall–Kier alpha value is -1.45. The zero-order valence-electron chi connectivity index (χ0n) is 15.6. The summed E-state index contributed by atoms with van der Waals surface area (Å²) in [6.07, 6.45) is 9.23. The lowest BCUT2D eigenvalue weighted by Gasteiger charge is -2.54. The summed E-state index contributed by atoms with van der Waals surface area (Å²) in [7, 11) is 0. The number of alkyl halides is 1. The van der Waals surface area contributed by atoms with Crippen LogP contribution >= 0.6 is 0 Å². The number of rotatable bonds is 0. The lowest BCUT2D eigenvalue weighted by Crippen LogP contribution is -2.50. The van der Waals surface area contributed by atoms with E-state index in [2.05, 4.69) is 26.0 Å². The van der Waals surface area contributed by atoms with Crippen LogP contribution in [0.2, 0.25) is 0 Å². The maximum absolute atomic E-state index is 14.1. The lowest BCUT2D eigenvalue weighted by molar-refractivity contribution is -0.161. The molecule has 4 aliphatic carbocycles. The summed E-state index contributed by atoms with van der Waals surface area (Å²) in [6.45, 7) is 4.53. The summed E-state index contributed by atoms with van der Waals surface area (Å²) in [4.78, 5) is 23.8. The predicted molar refractivity (Wildman–Crippen MR) is 95.0 cm³/mol. The molecule has 3 unspecified atom stereocenters. The van der Waals surface area contributed by atoms with E-state index < -0.39 is 17.7 Å². The first-order valence-electron chi connectivity index (χ1n) is 10.1. The van der Waals surface area contributed by atoms with Crippen molar-refractivity contribution >= 4 is 11.8 Å². The van der Waals surface area contributed by atoms with Gasteiger partial charge < -0.3 is 4.74 Å². The number of esters is 1. The first kappa shape index (κ1) is 16.7. The van der Waals surface area contributed by atoms with Gasteiger partial charge in [-0.25, -0.2) is 9.18 Å². The van der Waals surface area contributed by atoms with E-state index in [1.165, 1.54) is 11.1 Å². The van der Waals surface area contributed by atoms with Gasteiger partial charge in [-0.3, -0.25) is 4.79 Å². The number of carbonyl (C=O) groups excluding carboxylic acids is 2. The Bertz CT molecular complexity index is 767. The standard InChI is InChI=1S/C22H27FO3/c1-20-8-5-14(24)11-13(20)3-4-15-16(20)6-9-21(2)17(15)7-10-22(21)12-18(23)19(25)26-22/h3,6,15,17-18H,4-5,7-12H2,1-2H3/t15?,17?,18?,20-,21-,22+/m0/s1. The van der Waals surface area contributed by atoms with E-state index in [-0.39, 0.29) is 17.3 Å². The van der Waals surface area contributed by atoms with Gasteiger partial charge in [-0.15, -0.1) is 0 Å². The molecule has 1 heterocycles. The lowest BCUT2D eigenvalue weighted by atomic mass is 9.51. The summed E-state index contributed by atoms with van der Waals surface area (Å²) in [5.74, 6) is 0.561. The third-order valence-corrected chi connectivity index (χ3v) is 8.67. The van der Waals surface area contributed by atoms with Crippen molar-refractivity contribution in [1.29, 1.82) is 0 Å². The van der Waals surface area contributed by atoms with Crippen LogP contribution in [0, 0.1) is 22.7 Å². The molecule has 0 aromatic heterocycles.